The number of pyridine rings is 1. The Kier molecular flexibility index (Phi) is 3.63. The van der Waals surface area contributed by atoms with Crippen molar-refractivity contribution in [2.75, 3.05) is 13.1 Å². The van der Waals surface area contributed by atoms with Crippen molar-refractivity contribution in [2.24, 2.45) is 5.41 Å². The van der Waals surface area contributed by atoms with E-state index in [0.29, 0.717) is 6.54 Å². The van der Waals surface area contributed by atoms with Gasteiger partial charge in [-0.25, -0.2) is 0 Å². The van der Waals surface area contributed by atoms with E-state index in [1.165, 1.54) is 0 Å². The molecule has 1 N–H and O–H groups in total. The van der Waals surface area contributed by atoms with E-state index in [1.54, 1.807) is 6.20 Å². The van der Waals surface area contributed by atoms with Crippen LogP contribution in [0.15, 0.2) is 24.4 Å². The van der Waals surface area contributed by atoms with Crippen molar-refractivity contribution in [1.29, 1.82) is 0 Å². The molecule has 1 amide bonds. The second-order valence-electron chi connectivity index (χ2n) is 6.63. The largest absolute Gasteiger partial charge is 0.335 e. The average Bonchev–Trinajstić information content (AvgIpc) is 2.42. The molecule has 0 aromatic carbocycles. The molecule has 0 aliphatic carbocycles. The van der Waals surface area contributed by atoms with Crippen molar-refractivity contribution in [1.82, 2.24) is 15.2 Å². The molecule has 1 aromatic heterocycles. The maximum absolute atomic E-state index is 12.6. The number of nitrogens with zero attached hydrogens (tertiary/aromatic N) is 2. The van der Waals surface area contributed by atoms with Crippen LogP contribution in [0, 0.1) is 5.41 Å². The van der Waals surface area contributed by atoms with Gasteiger partial charge in [0.1, 0.15) is 0 Å². The third-order valence-corrected chi connectivity index (χ3v) is 3.53. The predicted octanol–water partition coefficient (Wildman–Crippen LogP) is 1.82. The molecule has 1 saturated heterocycles. The summed E-state index contributed by atoms with van der Waals surface area (Å²) < 4.78 is 0. The second kappa shape index (κ2) is 4.93. The summed E-state index contributed by atoms with van der Waals surface area (Å²) in [5.74, 6) is 0.142. The highest BCUT2D eigenvalue weighted by atomic mass is 16.2. The van der Waals surface area contributed by atoms with Crippen LogP contribution >= 0.6 is 0 Å². The van der Waals surface area contributed by atoms with Gasteiger partial charge in [0.05, 0.1) is 17.8 Å². The molecule has 2 rings (SSSR count). The normalized spacial score (nSPS) is 22.1. The standard InChI is InChI=1S/C15H23N3O/c1-14(2)10-17-15(3,4)13(19)18(11-14)9-12-7-5-6-8-16-12/h5-8,17H,9-11H2,1-4H3. The van der Waals surface area contributed by atoms with Crippen LogP contribution in [0.2, 0.25) is 0 Å². The Balaban J connectivity index is 2.22. The van der Waals surface area contributed by atoms with Crippen molar-refractivity contribution >= 4 is 5.91 Å². The van der Waals surface area contributed by atoms with Gasteiger partial charge in [-0.1, -0.05) is 19.9 Å². The lowest BCUT2D eigenvalue weighted by Crippen LogP contribution is -2.51. The summed E-state index contributed by atoms with van der Waals surface area (Å²) in [6.07, 6.45) is 1.77. The van der Waals surface area contributed by atoms with E-state index in [-0.39, 0.29) is 11.3 Å². The van der Waals surface area contributed by atoms with Crippen molar-refractivity contribution in [2.45, 2.75) is 39.8 Å². The minimum absolute atomic E-state index is 0.0677. The molecule has 4 heteroatoms. The lowest BCUT2D eigenvalue weighted by molar-refractivity contribution is -0.137. The average molecular weight is 261 g/mol. The van der Waals surface area contributed by atoms with E-state index in [9.17, 15) is 4.79 Å². The van der Waals surface area contributed by atoms with Crippen LogP contribution in [-0.2, 0) is 11.3 Å². The van der Waals surface area contributed by atoms with Gasteiger partial charge in [-0.2, -0.15) is 0 Å². The van der Waals surface area contributed by atoms with E-state index in [2.05, 4.69) is 24.1 Å². The van der Waals surface area contributed by atoms with Crippen molar-refractivity contribution < 1.29 is 4.79 Å². The maximum atomic E-state index is 12.6. The van der Waals surface area contributed by atoms with E-state index >= 15 is 0 Å². The van der Waals surface area contributed by atoms with Crippen LogP contribution in [0.5, 0.6) is 0 Å². The zero-order valence-electron chi connectivity index (χ0n) is 12.2. The Morgan fingerprint density at radius 1 is 1.32 bits per heavy atom. The summed E-state index contributed by atoms with van der Waals surface area (Å²) >= 11 is 0. The molecule has 0 unspecified atom stereocenters. The lowest BCUT2D eigenvalue weighted by atomic mass is 9.93. The van der Waals surface area contributed by atoms with Crippen LogP contribution in [-0.4, -0.2) is 34.4 Å². The molecule has 0 bridgehead atoms. The van der Waals surface area contributed by atoms with Crippen LogP contribution in [0.25, 0.3) is 0 Å². The van der Waals surface area contributed by atoms with Crippen LogP contribution < -0.4 is 5.32 Å². The molecule has 0 atom stereocenters. The molecular weight excluding hydrogens is 238 g/mol. The van der Waals surface area contributed by atoms with Crippen LogP contribution in [0.3, 0.4) is 0 Å². The first-order valence-electron chi connectivity index (χ1n) is 6.74. The summed E-state index contributed by atoms with van der Waals surface area (Å²) in [6.45, 7) is 10.4. The van der Waals surface area contributed by atoms with Gasteiger partial charge in [0.15, 0.2) is 0 Å². The molecule has 0 spiro atoms. The molecule has 1 aliphatic heterocycles. The minimum atomic E-state index is -0.511. The monoisotopic (exact) mass is 261 g/mol. The van der Waals surface area contributed by atoms with Gasteiger partial charge in [-0.05, 0) is 31.4 Å². The Hall–Kier alpha value is -1.42. The quantitative estimate of drug-likeness (QED) is 0.883. The number of rotatable bonds is 2. The maximum Gasteiger partial charge on any atom is 0.242 e. The van der Waals surface area contributed by atoms with E-state index in [0.717, 1.165) is 18.8 Å². The van der Waals surface area contributed by atoms with E-state index < -0.39 is 5.54 Å². The van der Waals surface area contributed by atoms with Gasteiger partial charge < -0.3 is 10.2 Å². The fourth-order valence-corrected chi connectivity index (χ4v) is 2.39. The first kappa shape index (κ1) is 14.0. The van der Waals surface area contributed by atoms with E-state index in [1.807, 2.05) is 36.9 Å². The minimum Gasteiger partial charge on any atom is -0.335 e. The van der Waals surface area contributed by atoms with Crippen LogP contribution in [0.4, 0.5) is 0 Å². The molecule has 19 heavy (non-hydrogen) atoms. The molecule has 1 aromatic rings. The zero-order chi connectivity index (χ0) is 14.1. The Bertz CT molecular complexity index is 454. The fourth-order valence-electron chi connectivity index (χ4n) is 2.39. The highest BCUT2D eigenvalue weighted by Gasteiger charge is 2.39. The number of hydrogen-bond donors (Lipinski definition) is 1. The van der Waals surface area contributed by atoms with Crippen LogP contribution in [0.1, 0.15) is 33.4 Å². The second-order valence-corrected chi connectivity index (χ2v) is 6.63. The van der Waals surface area contributed by atoms with Gasteiger partial charge in [0.2, 0.25) is 5.91 Å². The third kappa shape index (κ3) is 3.32. The first-order valence-corrected chi connectivity index (χ1v) is 6.74. The Morgan fingerprint density at radius 3 is 2.68 bits per heavy atom. The number of aromatic nitrogens is 1. The summed E-state index contributed by atoms with van der Waals surface area (Å²) in [4.78, 5) is 18.8. The number of hydrogen-bond acceptors (Lipinski definition) is 3. The number of carbonyl (C=O) groups excluding carboxylic acids is 1. The highest BCUT2D eigenvalue weighted by molar-refractivity contribution is 5.85. The zero-order valence-corrected chi connectivity index (χ0v) is 12.2. The molecule has 0 saturated carbocycles. The molecule has 4 nitrogen and oxygen atoms in total. The SMILES string of the molecule is CC1(C)CNC(C)(C)C(=O)N(Cc2ccccn2)C1. The summed E-state index contributed by atoms with van der Waals surface area (Å²) in [5, 5.41) is 3.37. The molecule has 2 heterocycles. The molecule has 1 fully saturated rings. The first-order chi connectivity index (χ1) is 8.80. The molecule has 0 radical (unpaired) electrons. The smallest absolute Gasteiger partial charge is 0.242 e. The number of carbonyl (C=O) groups is 1. The third-order valence-electron chi connectivity index (χ3n) is 3.53. The van der Waals surface area contributed by atoms with Crippen molar-refractivity contribution in [3.8, 4) is 0 Å². The Morgan fingerprint density at radius 2 is 2.05 bits per heavy atom. The lowest BCUT2D eigenvalue weighted by Gasteiger charge is -2.30. The number of amides is 1. The Labute approximate surface area is 115 Å². The van der Waals surface area contributed by atoms with Gasteiger partial charge in [0.25, 0.3) is 0 Å². The van der Waals surface area contributed by atoms with Gasteiger partial charge in [-0.3, -0.25) is 9.78 Å². The van der Waals surface area contributed by atoms with Gasteiger partial charge in [-0.15, -0.1) is 0 Å². The fraction of sp³-hybridized carbons (Fsp3) is 0.600. The van der Waals surface area contributed by atoms with Gasteiger partial charge >= 0.3 is 0 Å². The molecule has 104 valence electrons. The molecular formula is C15H23N3O. The van der Waals surface area contributed by atoms with E-state index in [4.69, 9.17) is 0 Å². The van der Waals surface area contributed by atoms with Gasteiger partial charge in [0, 0.05) is 19.3 Å². The topological polar surface area (TPSA) is 45.2 Å². The summed E-state index contributed by atoms with van der Waals surface area (Å²) in [7, 11) is 0. The van der Waals surface area contributed by atoms with Crippen molar-refractivity contribution in [3.05, 3.63) is 30.1 Å². The van der Waals surface area contributed by atoms with Crippen molar-refractivity contribution in [3.63, 3.8) is 0 Å². The summed E-state index contributed by atoms with van der Waals surface area (Å²) in [6, 6.07) is 5.81. The number of nitrogens with one attached hydrogen (secondary N) is 1. The highest BCUT2D eigenvalue weighted by Crippen LogP contribution is 2.24. The summed E-state index contributed by atoms with van der Waals surface area (Å²) in [5.41, 5.74) is 0.491. The predicted molar refractivity (Wildman–Crippen MR) is 75.5 cm³/mol. The molecule has 1 aliphatic rings.